The minimum atomic E-state index is 0.647. The molecule has 1 aliphatic heterocycles. The topological polar surface area (TPSA) is 69.4 Å². The van der Waals surface area contributed by atoms with Gasteiger partial charge < -0.3 is 19.4 Å². The SMILES string of the molecule is CCN(CC)c1ccc(C=Cc2cc(C=Cc3ccc4cc[nH]c4c3)[nH]n2)c(OCCN2CCOCC2)c1. The lowest BCUT2D eigenvalue weighted by molar-refractivity contribution is 0.0322. The number of ether oxygens (including phenoxy) is 2. The highest BCUT2D eigenvalue weighted by Gasteiger charge is 2.12. The zero-order valence-electron chi connectivity index (χ0n) is 22.3. The maximum absolute atomic E-state index is 6.32. The van der Waals surface area contributed by atoms with E-state index in [2.05, 4.69) is 93.4 Å². The van der Waals surface area contributed by atoms with Crippen LogP contribution in [0.2, 0.25) is 0 Å². The Kier molecular flexibility index (Phi) is 8.58. The molecule has 1 saturated heterocycles. The van der Waals surface area contributed by atoms with Gasteiger partial charge in [-0.15, -0.1) is 0 Å². The van der Waals surface area contributed by atoms with Crippen LogP contribution in [0.5, 0.6) is 5.75 Å². The van der Waals surface area contributed by atoms with Gasteiger partial charge in [-0.05, 0) is 73.4 Å². The van der Waals surface area contributed by atoms with Crippen LogP contribution < -0.4 is 9.64 Å². The van der Waals surface area contributed by atoms with E-state index in [1.54, 1.807) is 0 Å². The standard InChI is InChI=1S/C31H37N5O2/c1-3-36(4-2)29-12-9-26(31(23-29)38-20-17-35-15-18-37-19-16-35)8-11-28-22-27(33-34-28)10-6-24-5-7-25-13-14-32-30(25)21-24/h5-14,21-23,32H,3-4,15-20H2,1-2H3,(H,33,34). The van der Waals surface area contributed by atoms with E-state index in [0.29, 0.717) is 6.61 Å². The van der Waals surface area contributed by atoms with Gasteiger partial charge in [0.1, 0.15) is 12.4 Å². The molecule has 0 unspecified atom stereocenters. The Morgan fingerprint density at radius 2 is 1.84 bits per heavy atom. The number of hydrogen-bond acceptors (Lipinski definition) is 5. The smallest absolute Gasteiger partial charge is 0.128 e. The number of nitrogens with zero attached hydrogens (tertiary/aromatic N) is 3. The van der Waals surface area contributed by atoms with Crippen molar-refractivity contribution in [2.75, 3.05) is 57.4 Å². The average molecular weight is 512 g/mol. The molecule has 0 amide bonds. The zero-order valence-corrected chi connectivity index (χ0v) is 22.3. The Balaban J connectivity index is 1.28. The quantitative estimate of drug-likeness (QED) is 0.267. The van der Waals surface area contributed by atoms with Gasteiger partial charge in [0, 0.05) is 61.8 Å². The highest BCUT2D eigenvalue weighted by molar-refractivity contribution is 5.83. The predicted octanol–water partition coefficient (Wildman–Crippen LogP) is 5.79. The van der Waals surface area contributed by atoms with Gasteiger partial charge in [0.25, 0.3) is 0 Å². The molecule has 1 fully saturated rings. The molecule has 0 bridgehead atoms. The van der Waals surface area contributed by atoms with Crippen molar-refractivity contribution in [1.82, 2.24) is 20.1 Å². The van der Waals surface area contributed by atoms with Crippen LogP contribution in [0.4, 0.5) is 5.69 Å². The maximum atomic E-state index is 6.32. The Bertz CT molecular complexity index is 1380. The second-order valence-electron chi connectivity index (χ2n) is 9.44. The van der Waals surface area contributed by atoms with Crippen LogP contribution in [-0.2, 0) is 4.74 Å². The second kappa shape index (κ2) is 12.6. The maximum Gasteiger partial charge on any atom is 0.128 e. The van der Waals surface area contributed by atoms with E-state index in [9.17, 15) is 0 Å². The lowest BCUT2D eigenvalue weighted by Gasteiger charge is -2.27. The molecule has 198 valence electrons. The summed E-state index contributed by atoms with van der Waals surface area (Å²) in [5.41, 5.74) is 6.32. The molecular formula is C31H37N5O2. The molecule has 0 aliphatic carbocycles. The molecule has 0 spiro atoms. The third kappa shape index (κ3) is 6.54. The molecule has 4 aromatic rings. The summed E-state index contributed by atoms with van der Waals surface area (Å²) in [6, 6.07) is 17.0. The molecule has 2 aromatic heterocycles. The number of anilines is 1. The van der Waals surface area contributed by atoms with Crippen LogP contribution in [0.1, 0.15) is 36.4 Å². The van der Waals surface area contributed by atoms with Crippen molar-refractivity contribution in [1.29, 1.82) is 0 Å². The molecule has 1 aliphatic rings. The predicted molar refractivity (Wildman–Crippen MR) is 157 cm³/mol. The first-order valence-corrected chi connectivity index (χ1v) is 13.5. The molecule has 5 rings (SSSR count). The number of nitrogens with one attached hydrogen (secondary N) is 2. The summed E-state index contributed by atoms with van der Waals surface area (Å²) in [7, 11) is 0. The highest BCUT2D eigenvalue weighted by atomic mass is 16.5. The van der Waals surface area contributed by atoms with Crippen LogP contribution >= 0.6 is 0 Å². The van der Waals surface area contributed by atoms with Gasteiger partial charge in [0.15, 0.2) is 0 Å². The van der Waals surface area contributed by atoms with Gasteiger partial charge in [0.2, 0.25) is 0 Å². The summed E-state index contributed by atoms with van der Waals surface area (Å²) in [4.78, 5) is 7.99. The van der Waals surface area contributed by atoms with E-state index in [4.69, 9.17) is 9.47 Å². The van der Waals surface area contributed by atoms with Gasteiger partial charge in [-0.3, -0.25) is 10.00 Å². The highest BCUT2D eigenvalue weighted by Crippen LogP contribution is 2.28. The first-order chi connectivity index (χ1) is 18.7. The molecule has 0 atom stereocenters. The van der Waals surface area contributed by atoms with E-state index < -0.39 is 0 Å². The van der Waals surface area contributed by atoms with Gasteiger partial charge in [-0.25, -0.2) is 0 Å². The third-order valence-electron chi connectivity index (χ3n) is 6.98. The number of hydrogen-bond donors (Lipinski definition) is 2. The number of H-pyrrole nitrogens is 2. The average Bonchev–Trinajstić information content (AvgIpc) is 3.62. The van der Waals surface area contributed by atoms with Crippen molar-refractivity contribution in [3.8, 4) is 5.75 Å². The Hall–Kier alpha value is -3.81. The van der Waals surface area contributed by atoms with Crippen LogP contribution in [0.25, 0.3) is 35.2 Å². The summed E-state index contributed by atoms with van der Waals surface area (Å²) < 4.78 is 11.8. The molecule has 0 saturated carbocycles. The van der Waals surface area contributed by atoms with Crippen LogP contribution in [-0.4, -0.2) is 72.6 Å². The summed E-state index contributed by atoms with van der Waals surface area (Å²) in [6.07, 6.45) is 10.2. The number of morpholine rings is 1. The normalized spacial score (nSPS) is 14.7. The molecule has 7 heteroatoms. The lowest BCUT2D eigenvalue weighted by atomic mass is 10.1. The van der Waals surface area contributed by atoms with E-state index >= 15 is 0 Å². The monoisotopic (exact) mass is 511 g/mol. The number of aromatic amines is 2. The van der Waals surface area contributed by atoms with E-state index in [1.165, 1.54) is 11.1 Å². The van der Waals surface area contributed by atoms with Crippen LogP contribution in [0.15, 0.2) is 54.7 Å². The summed E-state index contributed by atoms with van der Waals surface area (Å²) in [6.45, 7) is 11.3. The molecule has 2 aromatic carbocycles. The minimum Gasteiger partial charge on any atom is -0.492 e. The second-order valence-corrected chi connectivity index (χ2v) is 9.44. The Morgan fingerprint density at radius 3 is 2.68 bits per heavy atom. The van der Waals surface area contributed by atoms with Crippen LogP contribution in [0.3, 0.4) is 0 Å². The summed E-state index contributed by atoms with van der Waals surface area (Å²) in [5, 5.41) is 8.81. The van der Waals surface area contributed by atoms with Crippen molar-refractivity contribution < 1.29 is 9.47 Å². The van der Waals surface area contributed by atoms with Crippen molar-refractivity contribution in [2.45, 2.75) is 13.8 Å². The third-order valence-corrected chi connectivity index (χ3v) is 6.98. The fourth-order valence-corrected chi connectivity index (χ4v) is 4.73. The Morgan fingerprint density at radius 1 is 0.974 bits per heavy atom. The number of rotatable bonds is 11. The molecule has 3 heterocycles. The van der Waals surface area contributed by atoms with Crippen LogP contribution in [0, 0.1) is 0 Å². The molecule has 2 N–H and O–H groups in total. The number of aromatic nitrogens is 3. The molecular weight excluding hydrogens is 474 g/mol. The van der Waals surface area contributed by atoms with E-state index in [1.807, 2.05) is 24.4 Å². The van der Waals surface area contributed by atoms with Crippen molar-refractivity contribution in [2.24, 2.45) is 0 Å². The van der Waals surface area contributed by atoms with Gasteiger partial charge >= 0.3 is 0 Å². The number of fused-ring (bicyclic) bond motifs is 1. The fraction of sp³-hybridized carbons (Fsp3) is 0.323. The first kappa shape index (κ1) is 25.8. The van der Waals surface area contributed by atoms with Gasteiger partial charge in [-0.1, -0.05) is 18.2 Å². The summed E-state index contributed by atoms with van der Waals surface area (Å²) in [5.74, 6) is 0.897. The van der Waals surface area contributed by atoms with Gasteiger partial charge in [0.05, 0.1) is 24.6 Å². The van der Waals surface area contributed by atoms with Crippen molar-refractivity contribution >= 4 is 40.9 Å². The Labute approximate surface area is 224 Å². The fourth-order valence-electron chi connectivity index (χ4n) is 4.73. The minimum absolute atomic E-state index is 0.647. The number of benzene rings is 2. The summed E-state index contributed by atoms with van der Waals surface area (Å²) >= 11 is 0. The molecule has 38 heavy (non-hydrogen) atoms. The molecule has 0 radical (unpaired) electrons. The van der Waals surface area contributed by atoms with Crippen molar-refractivity contribution in [3.05, 3.63) is 77.2 Å². The zero-order chi connectivity index (χ0) is 26.2. The van der Waals surface area contributed by atoms with E-state index in [0.717, 1.165) is 79.7 Å². The molecule has 7 nitrogen and oxygen atoms in total. The van der Waals surface area contributed by atoms with Crippen molar-refractivity contribution in [3.63, 3.8) is 0 Å². The van der Waals surface area contributed by atoms with E-state index in [-0.39, 0.29) is 0 Å². The largest absolute Gasteiger partial charge is 0.492 e. The first-order valence-electron chi connectivity index (χ1n) is 13.5. The van der Waals surface area contributed by atoms with Gasteiger partial charge in [-0.2, -0.15) is 5.10 Å². The lowest BCUT2D eigenvalue weighted by Crippen LogP contribution is -2.38.